The number of carbonyl (C=O) groups is 1. The highest BCUT2D eigenvalue weighted by Gasteiger charge is 2.33. The maximum atomic E-state index is 11.2. The maximum Gasteiger partial charge on any atom is 0.407 e. The summed E-state index contributed by atoms with van der Waals surface area (Å²) in [6.07, 6.45) is 0.318. The fourth-order valence-electron chi connectivity index (χ4n) is 1.24. The van der Waals surface area contributed by atoms with Crippen molar-refractivity contribution in [2.75, 3.05) is 19.8 Å². The molecule has 0 unspecified atom stereocenters. The Morgan fingerprint density at radius 1 is 1.53 bits per heavy atom. The van der Waals surface area contributed by atoms with Crippen molar-refractivity contribution in [2.24, 2.45) is 5.73 Å². The topological polar surface area (TPSA) is 73.6 Å². The number of ether oxygens (including phenoxy) is 2. The van der Waals surface area contributed by atoms with Crippen LogP contribution in [0.25, 0.3) is 0 Å². The van der Waals surface area contributed by atoms with Crippen molar-refractivity contribution >= 4 is 6.09 Å². The number of alkyl carbamates (subject to hydrolysis) is 1. The van der Waals surface area contributed by atoms with Gasteiger partial charge in [0, 0.05) is 6.54 Å². The number of nitrogens with one attached hydrogen (secondary N) is 1. The van der Waals surface area contributed by atoms with Gasteiger partial charge in [-0.25, -0.2) is 4.79 Å². The Balaban J connectivity index is 2.12. The molecule has 15 heavy (non-hydrogen) atoms. The standard InChI is InChI=1S/C10H20N2O3/c1-9(2,3)15-8(13)12-5-4-10(11)6-14-7-10/h4-7,11H2,1-3H3,(H,12,13). The smallest absolute Gasteiger partial charge is 0.407 e. The Labute approximate surface area is 90.3 Å². The van der Waals surface area contributed by atoms with E-state index in [1.54, 1.807) is 0 Å². The molecular weight excluding hydrogens is 196 g/mol. The summed E-state index contributed by atoms with van der Waals surface area (Å²) in [5, 5.41) is 2.67. The first-order chi connectivity index (χ1) is 6.81. The highest BCUT2D eigenvalue weighted by Crippen LogP contribution is 2.16. The number of carbonyl (C=O) groups excluding carboxylic acids is 1. The fourth-order valence-corrected chi connectivity index (χ4v) is 1.24. The average molecular weight is 216 g/mol. The van der Waals surface area contributed by atoms with Crippen LogP contribution in [-0.2, 0) is 9.47 Å². The molecule has 3 N–H and O–H groups in total. The average Bonchev–Trinajstić information content (AvgIpc) is 1.97. The predicted molar refractivity (Wildman–Crippen MR) is 56.6 cm³/mol. The Morgan fingerprint density at radius 3 is 2.53 bits per heavy atom. The van der Waals surface area contributed by atoms with Crippen LogP contribution in [0.2, 0.25) is 0 Å². The molecule has 1 aliphatic rings. The maximum absolute atomic E-state index is 11.2. The third kappa shape index (κ3) is 4.48. The van der Waals surface area contributed by atoms with Crippen LogP contribution in [0.4, 0.5) is 4.79 Å². The van der Waals surface area contributed by atoms with Crippen LogP contribution in [-0.4, -0.2) is 37.0 Å². The minimum Gasteiger partial charge on any atom is -0.444 e. The number of hydrogen-bond donors (Lipinski definition) is 2. The first-order valence-electron chi connectivity index (χ1n) is 5.14. The Kier molecular flexibility index (Phi) is 3.57. The summed E-state index contributed by atoms with van der Waals surface area (Å²) < 4.78 is 10.1. The molecule has 0 saturated carbocycles. The van der Waals surface area contributed by atoms with Crippen LogP contribution in [0.3, 0.4) is 0 Å². The lowest BCUT2D eigenvalue weighted by Crippen LogP contribution is -2.58. The Bertz CT molecular complexity index is 231. The first kappa shape index (κ1) is 12.3. The summed E-state index contributed by atoms with van der Waals surface area (Å²) in [6, 6.07) is 0. The van der Waals surface area contributed by atoms with E-state index in [-0.39, 0.29) is 5.54 Å². The van der Waals surface area contributed by atoms with E-state index in [2.05, 4.69) is 5.32 Å². The van der Waals surface area contributed by atoms with Crippen molar-refractivity contribution in [3.8, 4) is 0 Å². The van der Waals surface area contributed by atoms with Gasteiger partial charge in [0.05, 0.1) is 18.8 Å². The second kappa shape index (κ2) is 4.37. The Hall–Kier alpha value is -0.810. The van der Waals surface area contributed by atoms with Crippen LogP contribution in [0.1, 0.15) is 27.2 Å². The van der Waals surface area contributed by atoms with Crippen LogP contribution < -0.4 is 11.1 Å². The highest BCUT2D eigenvalue weighted by molar-refractivity contribution is 5.67. The van der Waals surface area contributed by atoms with Gasteiger partial charge in [-0.1, -0.05) is 0 Å². The van der Waals surface area contributed by atoms with Gasteiger partial charge in [-0.2, -0.15) is 0 Å². The number of rotatable bonds is 3. The van der Waals surface area contributed by atoms with E-state index in [1.807, 2.05) is 20.8 Å². The lowest BCUT2D eigenvalue weighted by molar-refractivity contribution is -0.0569. The molecule has 0 aromatic heterocycles. The van der Waals surface area contributed by atoms with E-state index in [4.69, 9.17) is 15.2 Å². The van der Waals surface area contributed by atoms with Gasteiger partial charge in [-0.05, 0) is 27.2 Å². The third-order valence-corrected chi connectivity index (χ3v) is 2.07. The summed E-state index contributed by atoms with van der Waals surface area (Å²) >= 11 is 0. The fraction of sp³-hybridized carbons (Fsp3) is 0.900. The van der Waals surface area contributed by atoms with Gasteiger partial charge in [0.2, 0.25) is 0 Å². The summed E-state index contributed by atoms with van der Waals surface area (Å²) in [7, 11) is 0. The first-order valence-corrected chi connectivity index (χ1v) is 5.14. The molecule has 0 aliphatic carbocycles. The molecule has 1 amide bonds. The summed E-state index contributed by atoms with van der Waals surface area (Å²) in [4.78, 5) is 11.2. The SMILES string of the molecule is CC(C)(C)OC(=O)NCCC1(N)COC1. The third-order valence-electron chi connectivity index (χ3n) is 2.07. The van der Waals surface area contributed by atoms with E-state index in [0.29, 0.717) is 26.2 Å². The molecule has 0 bridgehead atoms. The van der Waals surface area contributed by atoms with E-state index in [9.17, 15) is 4.79 Å². The van der Waals surface area contributed by atoms with Gasteiger partial charge in [0.15, 0.2) is 0 Å². The van der Waals surface area contributed by atoms with Crippen LogP contribution in [0, 0.1) is 0 Å². The van der Waals surface area contributed by atoms with Crippen LogP contribution in [0.15, 0.2) is 0 Å². The number of amides is 1. The van der Waals surface area contributed by atoms with E-state index >= 15 is 0 Å². The normalized spacial score (nSPS) is 19.2. The summed E-state index contributed by atoms with van der Waals surface area (Å²) in [5.41, 5.74) is 5.19. The second-order valence-electron chi connectivity index (χ2n) is 5.03. The van der Waals surface area contributed by atoms with Crippen molar-refractivity contribution in [2.45, 2.75) is 38.3 Å². The lowest BCUT2D eigenvalue weighted by Gasteiger charge is -2.37. The van der Waals surface area contributed by atoms with Crippen molar-refractivity contribution < 1.29 is 14.3 Å². The molecule has 5 heteroatoms. The van der Waals surface area contributed by atoms with Crippen LogP contribution >= 0.6 is 0 Å². The number of hydrogen-bond acceptors (Lipinski definition) is 4. The van der Waals surface area contributed by atoms with Gasteiger partial charge in [0.25, 0.3) is 0 Å². The molecular formula is C10H20N2O3. The quantitative estimate of drug-likeness (QED) is 0.725. The van der Waals surface area contributed by atoms with Crippen molar-refractivity contribution in [1.29, 1.82) is 0 Å². The van der Waals surface area contributed by atoms with Gasteiger partial charge in [-0.15, -0.1) is 0 Å². The molecule has 1 saturated heterocycles. The molecule has 1 aliphatic heterocycles. The largest absolute Gasteiger partial charge is 0.444 e. The number of nitrogens with two attached hydrogens (primary N) is 1. The van der Waals surface area contributed by atoms with Gasteiger partial charge in [0.1, 0.15) is 5.60 Å². The van der Waals surface area contributed by atoms with Crippen molar-refractivity contribution in [3.05, 3.63) is 0 Å². The molecule has 5 nitrogen and oxygen atoms in total. The minimum atomic E-state index is -0.454. The van der Waals surface area contributed by atoms with E-state index in [0.717, 1.165) is 0 Å². The highest BCUT2D eigenvalue weighted by atomic mass is 16.6. The van der Waals surface area contributed by atoms with E-state index < -0.39 is 11.7 Å². The van der Waals surface area contributed by atoms with Gasteiger partial charge < -0.3 is 20.5 Å². The Morgan fingerprint density at radius 2 is 2.13 bits per heavy atom. The molecule has 0 spiro atoms. The van der Waals surface area contributed by atoms with Crippen molar-refractivity contribution in [3.63, 3.8) is 0 Å². The molecule has 1 fully saturated rings. The summed E-state index contributed by atoms with van der Waals surface area (Å²) in [6.45, 7) is 7.16. The predicted octanol–water partition coefficient (Wildman–Crippen LogP) is 0.629. The van der Waals surface area contributed by atoms with Crippen LogP contribution in [0.5, 0.6) is 0 Å². The zero-order chi connectivity index (χ0) is 11.5. The van der Waals surface area contributed by atoms with Crippen molar-refractivity contribution in [1.82, 2.24) is 5.32 Å². The zero-order valence-corrected chi connectivity index (χ0v) is 9.63. The summed E-state index contributed by atoms with van der Waals surface area (Å²) in [5.74, 6) is 0. The second-order valence-corrected chi connectivity index (χ2v) is 5.03. The molecule has 0 atom stereocenters. The molecule has 0 aromatic carbocycles. The monoisotopic (exact) mass is 216 g/mol. The van der Waals surface area contributed by atoms with Gasteiger partial charge in [-0.3, -0.25) is 0 Å². The molecule has 0 radical (unpaired) electrons. The van der Waals surface area contributed by atoms with Gasteiger partial charge >= 0.3 is 6.09 Å². The van der Waals surface area contributed by atoms with E-state index in [1.165, 1.54) is 0 Å². The zero-order valence-electron chi connectivity index (χ0n) is 9.63. The molecule has 0 aromatic rings. The lowest BCUT2D eigenvalue weighted by atomic mass is 9.95. The molecule has 1 heterocycles. The molecule has 88 valence electrons. The minimum absolute atomic E-state index is 0.255. The molecule has 1 rings (SSSR count).